The van der Waals surface area contributed by atoms with Crippen LogP contribution in [0.15, 0.2) is 42.7 Å². The predicted molar refractivity (Wildman–Crippen MR) is 87.1 cm³/mol. The molecule has 4 aromatic rings. The number of nitrogens with one attached hydrogen (secondary N) is 2. The molecular formula is C15H6Cl2N2O5. The Morgan fingerprint density at radius 2 is 1.21 bits per heavy atom. The number of halogens is 2. The number of hydrogen-bond donors (Lipinski definition) is 2. The molecule has 2 heterocycles. The number of H-pyrrole nitrogens is 2. The van der Waals surface area contributed by atoms with E-state index in [1.165, 1.54) is 24.3 Å². The molecule has 120 valence electrons. The third-order valence-electron chi connectivity index (χ3n) is 3.51. The van der Waals surface area contributed by atoms with Crippen LogP contribution in [0, 0.1) is 0 Å². The number of rotatable bonds is 2. The first kappa shape index (κ1) is 14.8. The third kappa shape index (κ3) is 2.26. The van der Waals surface area contributed by atoms with Gasteiger partial charge in [0.2, 0.25) is 0 Å². The number of hydrogen-bond acceptors (Lipinski definition) is 5. The molecule has 0 saturated heterocycles. The van der Waals surface area contributed by atoms with Gasteiger partial charge in [0.15, 0.2) is 16.9 Å². The summed E-state index contributed by atoms with van der Waals surface area (Å²) in [6.45, 7) is 0. The van der Waals surface area contributed by atoms with Crippen LogP contribution in [0.4, 0.5) is 0 Å². The van der Waals surface area contributed by atoms with Gasteiger partial charge in [-0.05, 0) is 12.1 Å². The molecule has 0 aliphatic rings. The average Bonchev–Trinajstić information content (AvgIpc) is 3.04. The Hall–Kier alpha value is -2.77. The zero-order valence-corrected chi connectivity index (χ0v) is 13.1. The van der Waals surface area contributed by atoms with Crippen LogP contribution in [0.25, 0.3) is 22.2 Å². The van der Waals surface area contributed by atoms with Gasteiger partial charge in [0.1, 0.15) is 0 Å². The summed E-state index contributed by atoms with van der Waals surface area (Å²) in [5.74, 6) is -1.78. The maximum atomic E-state index is 12.8. The Morgan fingerprint density at radius 1 is 0.792 bits per heavy atom. The third-order valence-corrected chi connectivity index (χ3v) is 4.13. The van der Waals surface area contributed by atoms with E-state index in [0.717, 1.165) is 0 Å². The van der Waals surface area contributed by atoms with Crippen molar-refractivity contribution >= 4 is 51.2 Å². The number of fused-ring (bicyclic) bond motifs is 2. The van der Waals surface area contributed by atoms with E-state index in [1.54, 1.807) is 0 Å². The van der Waals surface area contributed by atoms with Gasteiger partial charge in [-0.3, -0.25) is 14.8 Å². The number of carbonyl (C=O) groups is 1. The molecule has 0 bridgehead atoms. The molecule has 2 N–H and O–H groups in total. The minimum Gasteiger partial charge on any atom is -0.408 e. The standard InChI is InChI=1S/C15H6Cl2N2O5/c16-7-3-11-9(18-14(21)23-11)1-5(7)13(20)6-2-10-12(4-8(6)17)24-15(22)19-10/h1-4H,(H,18,21)(H,19,22). The molecule has 2 aromatic carbocycles. The second kappa shape index (κ2) is 5.12. The van der Waals surface area contributed by atoms with Crippen molar-refractivity contribution in [2.24, 2.45) is 0 Å². The van der Waals surface area contributed by atoms with Crippen molar-refractivity contribution in [1.82, 2.24) is 9.97 Å². The van der Waals surface area contributed by atoms with E-state index in [1.807, 2.05) is 0 Å². The minimum absolute atomic E-state index is 0.104. The van der Waals surface area contributed by atoms with Gasteiger partial charge >= 0.3 is 11.5 Å². The maximum absolute atomic E-state index is 12.8. The highest BCUT2D eigenvalue weighted by atomic mass is 35.5. The fourth-order valence-corrected chi connectivity index (χ4v) is 2.92. The van der Waals surface area contributed by atoms with E-state index >= 15 is 0 Å². The lowest BCUT2D eigenvalue weighted by molar-refractivity contribution is 0.103. The summed E-state index contributed by atoms with van der Waals surface area (Å²) in [4.78, 5) is 40.2. The normalized spacial score (nSPS) is 11.4. The number of oxazole rings is 2. The van der Waals surface area contributed by atoms with Crippen LogP contribution in [0.3, 0.4) is 0 Å². The zero-order valence-electron chi connectivity index (χ0n) is 11.6. The topological polar surface area (TPSA) is 109 Å². The number of carbonyl (C=O) groups excluding carboxylic acids is 1. The fourth-order valence-electron chi connectivity index (χ4n) is 2.44. The van der Waals surface area contributed by atoms with E-state index < -0.39 is 17.3 Å². The molecule has 0 spiro atoms. The first-order chi connectivity index (χ1) is 11.4. The Balaban J connectivity index is 1.92. The molecule has 0 unspecified atom stereocenters. The SMILES string of the molecule is O=C(c1cc2[nH]c(=O)oc2cc1Cl)c1cc2[nH]c(=O)oc2cc1Cl. The first-order valence-corrected chi connectivity index (χ1v) is 7.37. The maximum Gasteiger partial charge on any atom is 0.417 e. The molecule has 0 saturated carbocycles. The van der Waals surface area contributed by atoms with E-state index in [4.69, 9.17) is 32.0 Å². The van der Waals surface area contributed by atoms with Crippen molar-refractivity contribution in [3.8, 4) is 0 Å². The highest BCUT2D eigenvalue weighted by Gasteiger charge is 2.20. The Kier molecular flexibility index (Phi) is 3.16. The molecule has 9 heteroatoms. The van der Waals surface area contributed by atoms with Crippen molar-refractivity contribution < 1.29 is 13.6 Å². The van der Waals surface area contributed by atoms with Crippen LogP contribution in [0.5, 0.6) is 0 Å². The monoisotopic (exact) mass is 364 g/mol. The predicted octanol–water partition coefficient (Wildman–Crippen LogP) is 3.09. The molecule has 0 amide bonds. The lowest BCUT2D eigenvalue weighted by atomic mass is 10.0. The molecule has 24 heavy (non-hydrogen) atoms. The van der Waals surface area contributed by atoms with Crippen molar-refractivity contribution in [1.29, 1.82) is 0 Å². The van der Waals surface area contributed by atoms with Gasteiger partial charge in [-0.25, -0.2) is 9.59 Å². The van der Waals surface area contributed by atoms with E-state index in [-0.39, 0.29) is 32.3 Å². The van der Waals surface area contributed by atoms with Crippen LogP contribution in [-0.4, -0.2) is 15.8 Å². The largest absolute Gasteiger partial charge is 0.417 e. The van der Waals surface area contributed by atoms with Crippen molar-refractivity contribution in [2.75, 3.05) is 0 Å². The van der Waals surface area contributed by atoms with Gasteiger partial charge in [-0.1, -0.05) is 23.2 Å². The van der Waals surface area contributed by atoms with Crippen LogP contribution in [0.1, 0.15) is 15.9 Å². The van der Waals surface area contributed by atoms with Gasteiger partial charge < -0.3 is 8.83 Å². The Labute approximate surface area is 141 Å². The summed E-state index contributed by atoms with van der Waals surface area (Å²) >= 11 is 12.2. The summed E-state index contributed by atoms with van der Waals surface area (Å²) in [7, 11) is 0. The van der Waals surface area contributed by atoms with Gasteiger partial charge in [0.25, 0.3) is 0 Å². The molecule has 0 radical (unpaired) electrons. The van der Waals surface area contributed by atoms with Gasteiger partial charge in [0.05, 0.1) is 21.1 Å². The summed E-state index contributed by atoms with van der Waals surface area (Å²) in [6.07, 6.45) is 0. The van der Waals surface area contributed by atoms with Crippen LogP contribution in [-0.2, 0) is 0 Å². The molecule has 4 rings (SSSR count). The van der Waals surface area contributed by atoms with Crippen molar-refractivity contribution in [2.45, 2.75) is 0 Å². The van der Waals surface area contributed by atoms with Crippen LogP contribution >= 0.6 is 23.2 Å². The molecule has 0 aliphatic heterocycles. The fraction of sp³-hybridized carbons (Fsp3) is 0. The Bertz CT molecular complexity index is 1150. The number of benzene rings is 2. The van der Waals surface area contributed by atoms with E-state index in [9.17, 15) is 14.4 Å². The average molecular weight is 365 g/mol. The second-order valence-corrected chi connectivity index (χ2v) is 5.83. The lowest BCUT2D eigenvalue weighted by Crippen LogP contribution is -2.03. The van der Waals surface area contributed by atoms with Gasteiger partial charge in [0, 0.05) is 23.3 Å². The van der Waals surface area contributed by atoms with Crippen LogP contribution < -0.4 is 11.5 Å². The molecule has 2 aromatic heterocycles. The zero-order chi connectivity index (χ0) is 17.0. The summed E-state index contributed by atoms with van der Waals surface area (Å²) < 4.78 is 9.78. The Morgan fingerprint density at radius 3 is 1.62 bits per heavy atom. The van der Waals surface area contributed by atoms with Crippen molar-refractivity contribution in [3.05, 3.63) is 66.5 Å². The molecule has 0 fully saturated rings. The van der Waals surface area contributed by atoms with E-state index in [0.29, 0.717) is 11.0 Å². The highest BCUT2D eigenvalue weighted by Crippen LogP contribution is 2.29. The summed E-state index contributed by atoms with van der Waals surface area (Å²) in [6, 6.07) is 5.55. The number of aromatic amines is 2. The molecule has 0 atom stereocenters. The number of ketones is 1. The highest BCUT2D eigenvalue weighted by molar-refractivity contribution is 6.39. The summed E-state index contributed by atoms with van der Waals surface area (Å²) in [5.41, 5.74) is 1.41. The quantitative estimate of drug-likeness (QED) is 0.531. The summed E-state index contributed by atoms with van der Waals surface area (Å²) in [5, 5.41) is 0.208. The number of aromatic nitrogens is 2. The lowest BCUT2D eigenvalue weighted by Gasteiger charge is -2.06. The smallest absolute Gasteiger partial charge is 0.408 e. The second-order valence-electron chi connectivity index (χ2n) is 5.01. The van der Waals surface area contributed by atoms with Gasteiger partial charge in [-0.2, -0.15) is 0 Å². The first-order valence-electron chi connectivity index (χ1n) is 6.62. The van der Waals surface area contributed by atoms with E-state index in [2.05, 4.69) is 9.97 Å². The molecule has 0 aliphatic carbocycles. The minimum atomic E-state index is -0.652. The van der Waals surface area contributed by atoms with Gasteiger partial charge in [-0.15, -0.1) is 0 Å². The molecular weight excluding hydrogens is 359 g/mol. The molecule has 7 nitrogen and oxygen atoms in total. The van der Waals surface area contributed by atoms with Crippen LogP contribution in [0.2, 0.25) is 10.0 Å². The van der Waals surface area contributed by atoms with Crippen molar-refractivity contribution in [3.63, 3.8) is 0 Å².